The molecule has 4 unspecified atom stereocenters. The summed E-state index contributed by atoms with van der Waals surface area (Å²) in [4.78, 5) is 40.4. The average molecular weight is 423 g/mol. The number of benzene rings is 2. The number of ketones is 1. The molecule has 0 saturated carbocycles. The predicted octanol–water partition coefficient (Wildman–Crippen LogP) is 2.93. The molecule has 2 saturated heterocycles. The van der Waals surface area contributed by atoms with Crippen LogP contribution in [0.1, 0.15) is 27.5 Å². The summed E-state index contributed by atoms with van der Waals surface area (Å²) in [6.45, 7) is 0. The van der Waals surface area contributed by atoms with Crippen LogP contribution < -0.4 is 5.32 Å². The van der Waals surface area contributed by atoms with Crippen molar-refractivity contribution in [3.8, 4) is 0 Å². The normalized spacial score (nSPS) is 27.8. The zero-order valence-electron chi connectivity index (χ0n) is 14.1. The summed E-state index contributed by atoms with van der Waals surface area (Å²) in [5.74, 6) is -2.05. The van der Waals surface area contributed by atoms with Gasteiger partial charge in [0.05, 0.1) is 17.9 Å². The van der Waals surface area contributed by atoms with Crippen molar-refractivity contribution in [1.82, 2.24) is 10.2 Å². The van der Waals surface area contributed by atoms with Gasteiger partial charge in [0.1, 0.15) is 6.04 Å². The zero-order valence-corrected chi connectivity index (χ0v) is 15.7. The van der Waals surface area contributed by atoms with Crippen molar-refractivity contribution >= 4 is 39.6 Å². The molecular weight excluding hydrogens is 408 g/mol. The van der Waals surface area contributed by atoms with E-state index in [9.17, 15) is 14.4 Å². The molecule has 27 heavy (non-hydrogen) atoms. The summed E-state index contributed by atoms with van der Waals surface area (Å²) in [7, 11) is 0. The summed E-state index contributed by atoms with van der Waals surface area (Å²) < 4.78 is 0.877. The minimum absolute atomic E-state index is 0.145. The molecule has 2 aromatic carbocycles. The van der Waals surface area contributed by atoms with Crippen LogP contribution in [0.25, 0.3) is 6.08 Å². The number of rotatable bonds is 2. The van der Waals surface area contributed by atoms with E-state index in [1.807, 2.05) is 41.4 Å². The van der Waals surface area contributed by atoms with E-state index in [1.165, 1.54) is 0 Å². The maximum Gasteiger partial charge on any atom is 0.233 e. The summed E-state index contributed by atoms with van der Waals surface area (Å²) in [5, 5.41) is 2.44. The van der Waals surface area contributed by atoms with Gasteiger partial charge in [-0.25, -0.2) is 0 Å². The van der Waals surface area contributed by atoms with Crippen LogP contribution in [-0.4, -0.2) is 28.5 Å². The van der Waals surface area contributed by atoms with E-state index in [0.29, 0.717) is 5.56 Å². The molecule has 0 aliphatic carbocycles. The molecule has 2 amide bonds. The second-order valence-corrected chi connectivity index (χ2v) is 7.97. The molecule has 2 fully saturated rings. The maximum absolute atomic E-state index is 13.3. The molecule has 3 heterocycles. The Hall–Kier alpha value is -2.73. The van der Waals surface area contributed by atoms with E-state index in [-0.39, 0.29) is 23.6 Å². The first-order valence-corrected chi connectivity index (χ1v) is 9.54. The number of nitrogens with one attached hydrogen (secondary N) is 1. The fourth-order valence-electron chi connectivity index (χ4n) is 4.56. The first-order valence-electron chi connectivity index (χ1n) is 8.75. The van der Waals surface area contributed by atoms with Crippen LogP contribution in [0, 0.1) is 11.8 Å². The van der Waals surface area contributed by atoms with Crippen LogP contribution in [0.3, 0.4) is 0 Å². The lowest BCUT2D eigenvalue weighted by Crippen LogP contribution is -2.42. The van der Waals surface area contributed by atoms with Gasteiger partial charge in [-0.1, -0.05) is 52.3 Å². The number of imide groups is 1. The van der Waals surface area contributed by atoms with E-state index < -0.39 is 17.9 Å². The number of fused-ring (bicyclic) bond motifs is 5. The molecule has 3 aliphatic rings. The number of carbonyl (C=O) groups is 3. The third-order valence-corrected chi connectivity index (χ3v) is 6.23. The van der Waals surface area contributed by atoms with Gasteiger partial charge in [0.2, 0.25) is 11.8 Å². The number of amides is 2. The Kier molecular flexibility index (Phi) is 3.59. The van der Waals surface area contributed by atoms with Gasteiger partial charge in [-0.05, 0) is 29.3 Å². The molecule has 5 rings (SSSR count). The van der Waals surface area contributed by atoms with Crippen LogP contribution in [-0.2, 0) is 9.59 Å². The molecule has 0 bridgehead atoms. The van der Waals surface area contributed by atoms with Gasteiger partial charge in [0.15, 0.2) is 5.78 Å². The molecule has 0 spiro atoms. The molecule has 134 valence electrons. The summed E-state index contributed by atoms with van der Waals surface area (Å²) in [6.07, 6.45) is 3.80. The van der Waals surface area contributed by atoms with Crippen LogP contribution in [0.2, 0.25) is 0 Å². The smallest absolute Gasteiger partial charge is 0.233 e. The Morgan fingerprint density at radius 1 is 0.963 bits per heavy atom. The topological polar surface area (TPSA) is 66.5 Å². The van der Waals surface area contributed by atoms with Gasteiger partial charge in [-0.15, -0.1) is 0 Å². The number of Topliss-reactive ketones (excluding diaryl/α,β-unsaturated/α-hetero) is 1. The third kappa shape index (κ3) is 2.33. The molecule has 6 heteroatoms. The third-order valence-electron chi connectivity index (χ3n) is 5.70. The van der Waals surface area contributed by atoms with Crippen molar-refractivity contribution in [2.24, 2.45) is 11.8 Å². The second-order valence-electron chi connectivity index (χ2n) is 7.06. The van der Waals surface area contributed by atoms with Gasteiger partial charge >= 0.3 is 0 Å². The van der Waals surface area contributed by atoms with Gasteiger partial charge in [-0.3, -0.25) is 19.7 Å². The highest BCUT2D eigenvalue weighted by molar-refractivity contribution is 9.10. The van der Waals surface area contributed by atoms with Crippen molar-refractivity contribution < 1.29 is 14.4 Å². The van der Waals surface area contributed by atoms with Crippen LogP contribution in [0.5, 0.6) is 0 Å². The van der Waals surface area contributed by atoms with E-state index in [0.717, 1.165) is 15.6 Å². The predicted molar refractivity (Wildman–Crippen MR) is 102 cm³/mol. The lowest BCUT2D eigenvalue weighted by Gasteiger charge is -2.34. The van der Waals surface area contributed by atoms with Crippen molar-refractivity contribution in [2.75, 3.05) is 0 Å². The van der Waals surface area contributed by atoms with Crippen LogP contribution >= 0.6 is 15.9 Å². The van der Waals surface area contributed by atoms with E-state index in [2.05, 4.69) is 21.2 Å². The van der Waals surface area contributed by atoms with Crippen molar-refractivity contribution in [2.45, 2.75) is 12.1 Å². The highest BCUT2D eigenvalue weighted by atomic mass is 79.9. The van der Waals surface area contributed by atoms with Gasteiger partial charge in [0.25, 0.3) is 0 Å². The van der Waals surface area contributed by atoms with Crippen molar-refractivity contribution in [3.63, 3.8) is 0 Å². The molecule has 4 atom stereocenters. The summed E-state index contributed by atoms with van der Waals surface area (Å²) >= 11 is 3.37. The number of halogens is 1. The second kappa shape index (κ2) is 5.89. The molecule has 0 radical (unpaired) electrons. The zero-order chi connectivity index (χ0) is 18.7. The molecule has 1 N–H and O–H groups in total. The fraction of sp³-hybridized carbons (Fsp3) is 0.190. The Labute approximate surface area is 164 Å². The lowest BCUT2D eigenvalue weighted by molar-refractivity contribution is -0.127. The van der Waals surface area contributed by atoms with Crippen molar-refractivity contribution in [3.05, 3.63) is 75.9 Å². The Morgan fingerprint density at radius 3 is 2.44 bits per heavy atom. The Balaban J connectivity index is 1.64. The molecular formula is C21H15BrN2O3. The minimum Gasteiger partial charge on any atom is -0.358 e. The van der Waals surface area contributed by atoms with Crippen molar-refractivity contribution in [1.29, 1.82) is 0 Å². The Morgan fingerprint density at radius 2 is 1.67 bits per heavy atom. The highest BCUT2D eigenvalue weighted by Crippen LogP contribution is 2.51. The van der Waals surface area contributed by atoms with E-state index >= 15 is 0 Å². The number of hydrogen-bond acceptors (Lipinski definition) is 4. The van der Waals surface area contributed by atoms with Gasteiger partial charge < -0.3 is 4.90 Å². The minimum atomic E-state index is -0.697. The molecule has 3 aliphatic heterocycles. The van der Waals surface area contributed by atoms with Gasteiger partial charge in [0, 0.05) is 16.2 Å². The largest absolute Gasteiger partial charge is 0.358 e. The quantitative estimate of drug-likeness (QED) is 0.596. The molecule has 0 aromatic heterocycles. The van der Waals surface area contributed by atoms with Gasteiger partial charge in [-0.2, -0.15) is 0 Å². The van der Waals surface area contributed by atoms with Crippen LogP contribution in [0.15, 0.2) is 59.2 Å². The monoisotopic (exact) mass is 422 g/mol. The summed E-state index contributed by atoms with van der Waals surface area (Å²) in [6, 6.07) is 13.9. The number of hydrogen-bond donors (Lipinski definition) is 1. The average Bonchev–Trinajstić information content (AvgIpc) is 3.17. The first kappa shape index (κ1) is 16.4. The molecule has 2 aromatic rings. The summed E-state index contributed by atoms with van der Waals surface area (Å²) in [5.41, 5.74) is 2.52. The van der Waals surface area contributed by atoms with E-state index in [1.54, 1.807) is 24.3 Å². The Bertz CT molecular complexity index is 1010. The highest BCUT2D eigenvalue weighted by Gasteiger charge is 2.61. The fourth-order valence-corrected chi connectivity index (χ4v) is 4.82. The first-order chi connectivity index (χ1) is 13.1. The van der Waals surface area contributed by atoms with E-state index in [4.69, 9.17) is 0 Å². The maximum atomic E-state index is 13.3. The van der Waals surface area contributed by atoms with Crippen LogP contribution in [0.4, 0.5) is 0 Å². The number of carbonyl (C=O) groups excluding carboxylic acids is 3. The SMILES string of the molecule is O=C1NC(=O)C2C1C(C(=O)c1ccc(Br)cc1)N1C=Cc3ccccc3C21. The standard InChI is InChI=1S/C21H15BrN2O3/c22-13-7-5-12(6-8-13)19(25)18-16-15(20(26)23-21(16)27)17-14-4-2-1-3-11(14)9-10-24(17)18/h1-10,15-18H,(H,23,26,27). The lowest BCUT2D eigenvalue weighted by atomic mass is 9.83. The number of nitrogens with zero attached hydrogens (tertiary/aromatic N) is 1. The molecule has 5 nitrogen and oxygen atoms in total.